The molecule has 0 aliphatic heterocycles. The van der Waals surface area contributed by atoms with Crippen LogP contribution < -0.4 is 5.73 Å². The second-order valence-corrected chi connectivity index (χ2v) is 6.63. The molecule has 1 aromatic heterocycles. The molecule has 1 aromatic carbocycles. The van der Waals surface area contributed by atoms with E-state index in [9.17, 15) is 0 Å². The van der Waals surface area contributed by atoms with Gasteiger partial charge in [-0.05, 0) is 16.9 Å². The Hall–Kier alpha value is -1.61. The molecule has 2 aromatic rings. The van der Waals surface area contributed by atoms with E-state index >= 15 is 0 Å². The second-order valence-electron chi connectivity index (χ2n) is 6.63. The molecule has 0 saturated heterocycles. The molecule has 0 radical (unpaired) electrons. The third-order valence-corrected chi connectivity index (χ3v) is 4.17. The summed E-state index contributed by atoms with van der Waals surface area (Å²) in [5.74, 6) is 0.554. The molecule has 0 bridgehead atoms. The minimum absolute atomic E-state index is 0.120. The molecule has 3 heteroatoms. The van der Waals surface area contributed by atoms with Gasteiger partial charge in [0, 0.05) is 6.54 Å². The van der Waals surface area contributed by atoms with E-state index in [1.807, 2.05) is 30.7 Å². The van der Waals surface area contributed by atoms with Gasteiger partial charge in [0.1, 0.15) is 0 Å². The zero-order chi connectivity index (χ0) is 14.8. The molecule has 3 nitrogen and oxygen atoms in total. The van der Waals surface area contributed by atoms with Crippen molar-refractivity contribution >= 4 is 0 Å². The van der Waals surface area contributed by atoms with Gasteiger partial charge in [-0.15, -0.1) is 0 Å². The Labute approximate surface area is 121 Å². The summed E-state index contributed by atoms with van der Waals surface area (Å²) in [7, 11) is 0. The van der Waals surface area contributed by atoms with Gasteiger partial charge in [-0.3, -0.25) is 0 Å². The van der Waals surface area contributed by atoms with Gasteiger partial charge in [-0.25, -0.2) is 4.98 Å². The Morgan fingerprint density at radius 2 is 1.85 bits per heavy atom. The number of hydrogen-bond donors (Lipinski definition) is 1. The lowest BCUT2D eigenvalue weighted by Crippen LogP contribution is -2.25. The van der Waals surface area contributed by atoms with Gasteiger partial charge < -0.3 is 10.3 Å². The molecule has 108 valence electrons. The van der Waals surface area contributed by atoms with Crippen molar-refractivity contribution in [2.45, 2.75) is 40.3 Å². The summed E-state index contributed by atoms with van der Waals surface area (Å²) in [6.07, 6.45) is 3.77. The van der Waals surface area contributed by atoms with Gasteiger partial charge in [-0.1, -0.05) is 58.0 Å². The van der Waals surface area contributed by atoms with Crippen LogP contribution in [0.4, 0.5) is 0 Å². The van der Waals surface area contributed by atoms with E-state index in [1.54, 1.807) is 0 Å². The van der Waals surface area contributed by atoms with Crippen LogP contribution >= 0.6 is 0 Å². The Balaban J connectivity index is 2.21. The fourth-order valence-electron chi connectivity index (χ4n) is 2.14. The van der Waals surface area contributed by atoms with Crippen LogP contribution in [0.2, 0.25) is 0 Å². The van der Waals surface area contributed by atoms with Gasteiger partial charge in [0.2, 0.25) is 0 Å². The number of nitrogens with two attached hydrogens (primary N) is 1. The van der Waals surface area contributed by atoms with Crippen LogP contribution in [0.15, 0.2) is 42.9 Å². The predicted octanol–water partition coefficient (Wildman–Crippen LogP) is 3.61. The first-order valence-electron chi connectivity index (χ1n) is 7.20. The largest absolute Gasteiger partial charge is 0.333 e. The van der Waals surface area contributed by atoms with E-state index in [-0.39, 0.29) is 11.5 Å². The molecule has 0 aliphatic rings. The van der Waals surface area contributed by atoms with Crippen molar-refractivity contribution in [1.82, 2.24) is 9.55 Å². The number of benzene rings is 1. The molecule has 0 saturated carbocycles. The maximum atomic E-state index is 6.39. The molecular formula is C17H25N3. The third-order valence-electron chi connectivity index (χ3n) is 4.17. The fraction of sp³-hybridized carbons (Fsp3) is 0.471. The van der Waals surface area contributed by atoms with E-state index in [1.165, 1.54) is 0 Å². The fourth-order valence-corrected chi connectivity index (χ4v) is 2.14. The second kappa shape index (κ2) is 5.80. The monoisotopic (exact) mass is 271 g/mol. The number of aromatic nitrogens is 2. The zero-order valence-corrected chi connectivity index (χ0v) is 12.9. The van der Waals surface area contributed by atoms with E-state index in [4.69, 9.17) is 5.73 Å². The van der Waals surface area contributed by atoms with Gasteiger partial charge in [0.25, 0.3) is 0 Å². The number of hydrogen-bond acceptors (Lipinski definition) is 2. The Bertz CT molecular complexity index is 537. The number of imidazole rings is 1. The van der Waals surface area contributed by atoms with Crippen LogP contribution in [0.25, 0.3) is 0 Å². The maximum absolute atomic E-state index is 6.39. The SMILES string of the molecule is CC(Cn1cncc1C(N)c1ccccc1)C(C)(C)C. The van der Waals surface area contributed by atoms with Gasteiger partial charge in [0.05, 0.1) is 24.3 Å². The highest BCUT2D eigenvalue weighted by atomic mass is 15.1. The minimum atomic E-state index is -0.120. The molecule has 20 heavy (non-hydrogen) atoms. The highest BCUT2D eigenvalue weighted by Crippen LogP contribution is 2.28. The van der Waals surface area contributed by atoms with Gasteiger partial charge in [-0.2, -0.15) is 0 Å². The molecule has 0 fully saturated rings. The van der Waals surface area contributed by atoms with Crippen molar-refractivity contribution in [3.05, 3.63) is 54.1 Å². The molecular weight excluding hydrogens is 246 g/mol. The van der Waals surface area contributed by atoms with Crippen molar-refractivity contribution in [3.8, 4) is 0 Å². The zero-order valence-electron chi connectivity index (χ0n) is 12.9. The average molecular weight is 271 g/mol. The molecule has 2 unspecified atom stereocenters. The molecule has 1 heterocycles. The lowest BCUT2D eigenvalue weighted by atomic mass is 9.82. The van der Waals surface area contributed by atoms with Crippen LogP contribution in [0.3, 0.4) is 0 Å². The first kappa shape index (κ1) is 14.8. The average Bonchev–Trinajstić information content (AvgIpc) is 2.86. The first-order valence-corrected chi connectivity index (χ1v) is 7.20. The maximum Gasteiger partial charge on any atom is 0.0948 e. The lowest BCUT2D eigenvalue weighted by molar-refractivity contribution is 0.230. The summed E-state index contributed by atoms with van der Waals surface area (Å²) in [5, 5.41) is 0. The molecule has 0 spiro atoms. The molecule has 2 N–H and O–H groups in total. The smallest absolute Gasteiger partial charge is 0.0948 e. The highest BCUT2D eigenvalue weighted by molar-refractivity contribution is 5.26. The summed E-state index contributed by atoms with van der Waals surface area (Å²) in [4.78, 5) is 4.29. The summed E-state index contributed by atoms with van der Waals surface area (Å²) < 4.78 is 2.19. The normalized spacial score (nSPS) is 15.1. The van der Waals surface area contributed by atoms with E-state index in [2.05, 4.69) is 49.4 Å². The van der Waals surface area contributed by atoms with Crippen molar-refractivity contribution in [3.63, 3.8) is 0 Å². The summed E-state index contributed by atoms with van der Waals surface area (Å²) in [5.41, 5.74) is 8.86. The standard InChI is InChI=1S/C17H25N3/c1-13(17(2,3)4)11-20-12-19-10-15(20)16(18)14-8-6-5-7-9-14/h5-10,12-13,16H,11,18H2,1-4H3. The van der Waals surface area contributed by atoms with E-state index in [0.717, 1.165) is 17.8 Å². The van der Waals surface area contributed by atoms with Crippen LogP contribution in [-0.4, -0.2) is 9.55 Å². The molecule has 2 rings (SSSR count). The van der Waals surface area contributed by atoms with E-state index in [0.29, 0.717) is 5.92 Å². The Morgan fingerprint density at radius 3 is 2.45 bits per heavy atom. The van der Waals surface area contributed by atoms with Crippen molar-refractivity contribution in [1.29, 1.82) is 0 Å². The summed E-state index contributed by atoms with van der Waals surface area (Å²) >= 11 is 0. The summed E-state index contributed by atoms with van der Waals surface area (Å²) in [6.45, 7) is 10.0. The minimum Gasteiger partial charge on any atom is -0.333 e. The van der Waals surface area contributed by atoms with Crippen molar-refractivity contribution in [2.75, 3.05) is 0 Å². The first-order chi connectivity index (χ1) is 9.39. The Morgan fingerprint density at radius 1 is 1.20 bits per heavy atom. The molecule has 0 amide bonds. The van der Waals surface area contributed by atoms with Gasteiger partial charge in [0.15, 0.2) is 0 Å². The molecule has 0 aliphatic carbocycles. The van der Waals surface area contributed by atoms with Crippen LogP contribution in [0.5, 0.6) is 0 Å². The summed E-state index contributed by atoms with van der Waals surface area (Å²) in [6, 6.07) is 10.1. The Kier molecular flexibility index (Phi) is 4.29. The third kappa shape index (κ3) is 3.28. The van der Waals surface area contributed by atoms with Crippen molar-refractivity contribution < 1.29 is 0 Å². The van der Waals surface area contributed by atoms with Crippen LogP contribution in [-0.2, 0) is 6.54 Å². The topological polar surface area (TPSA) is 43.8 Å². The van der Waals surface area contributed by atoms with Crippen molar-refractivity contribution in [2.24, 2.45) is 17.1 Å². The van der Waals surface area contributed by atoms with Crippen LogP contribution in [0, 0.1) is 11.3 Å². The number of rotatable bonds is 4. The quantitative estimate of drug-likeness (QED) is 0.923. The van der Waals surface area contributed by atoms with Gasteiger partial charge >= 0.3 is 0 Å². The lowest BCUT2D eigenvalue weighted by Gasteiger charge is -2.28. The van der Waals surface area contributed by atoms with E-state index < -0.39 is 0 Å². The van der Waals surface area contributed by atoms with Crippen LogP contribution in [0.1, 0.15) is 45.0 Å². The highest BCUT2D eigenvalue weighted by Gasteiger charge is 2.22. The molecule has 2 atom stereocenters. The predicted molar refractivity (Wildman–Crippen MR) is 83.3 cm³/mol. The number of nitrogens with zero attached hydrogens (tertiary/aromatic N) is 2.